The topological polar surface area (TPSA) is 37.8 Å². The third-order valence-electron chi connectivity index (χ3n) is 3.26. The number of fused-ring (bicyclic) bond motifs is 1. The highest BCUT2D eigenvalue weighted by atomic mass is 32.1. The van der Waals surface area contributed by atoms with E-state index >= 15 is 0 Å². The average molecular weight is 269 g/mol. The number of thiophene rings is 1. The number of nitrogens with zero attached hydrogens (tertiary/aromatic N) is 2. The van der Waals surface area contributed by atoms with E-state index in [1.807, 2.05) is 13.1 Å². The molecular formula is C15H15N3S. The lowest BCUT2D eigenvalue weighted by Gasteiger charge is -2.09. The van der Waals surface area contributed by atoms with E-state index in [1.165, 1.54) is 11.1 Å². The van der Waals surface area contributed by atoms with Crippen molar-refractivity contribution in [2.24, 2.45) is 0 Å². The summed E-state index contributed by atoms with van der Waals surface area (Å²) in [4.78, 5) is 9.39. The normalized spacial score (nSPS) is 10.9. The van der Waals surface area contributed by atoms with Crippen molar-refractivity contribution in [2.75, 3.05) is 12.4 Å². The van der Waals surface area contributed by atoms with Crippen molar-refractivity contribution in [1.82, 2.24) is 9.97 Å². The van der Waals surface area contributed by atoms with Crippen LogP contribution >= 0.6 is 11.3 Å². The molecular weight excluding hydrogens is 254 g/mol. The van der Waals surface area contributed by atoms with E-state index < -0.39 is 0 Å². The van der Waals surface area contributed by atoms with E-state index in [9.17, 15) is 0 Å². The molecule has 0 atom stereocenters. The minimum absolute atomic E-state index is 0.796. The predicted molar refractivity (Wildman–Crippen MR) is 81.9 cm³/mol. The van der Waals surface area contributed by atoms with Crippen LogP contribution in [0, 0.1) is 13.8 Å². The van der Waals surface area contributed by atoms with E-state index in [0.717, 1.165) is 28.1 Å². The Morgan fingerprint density at radius 2 is 1.89 bits per heavy atom. The number of benzene rings is 1. The van der Waals surface area contributed by atoms with Crippen LogP contribution in [0.4, 0.5) is 5.82 Å². The highest BCUT2D eigenvalue weighted by Gasteiger charge is 2.11. The molecule has 19 heavy (non-hydrogen) atoms. The van der Waals surface area contributed by atoms with Gasteiger partial charge in [0.2, 0.25) is 0 Å². The molecule has 1 aromatic carbocycles. The number of aromatic nitrogens is 2. The van der Waals surface area contributed by atoms with Crippen molar-refractivity contribution in [3.63, 3.8) is 0 Å². The van der Waals surface area contributed by atoms with E-state index in [4.69, 9.17) is 4.98 Å². The van der Waals surface area contributed by atoms with Gasteiger partial charge < -0.3 is 5.32 Å². The van der Waals surface area contributed by atoms with E-state index in [-0.39, 0.29) is 0 Å². The number of rotatable bonds is 2. The van der Waals surface area contributed by atoms with Crippen LogP contribution in [-0.4, -0.2) is 17.0 Å². The minimum atomic E-state index is 0.796. The smallest absolute Gasteiger partial charge is 0.163 e. The Balaban J connectivity index is 2.34. The number of aryl methyl sites for hydroxylation is 2. The second-order valence-electron chi connectivity index (χ2n) is 4.59. The van der Waals surface area contributed by atoms with Gasteiger partial charge in [0.15, 0.2) is 5.82 Å². The highest BCUT2D eigenvalue weighted by molar-refractivity contribution is 7.08. The van der Waals surface area contributed by atoms with Gasteiger partial charge in [-0.2, -0.15) is 11.3 Å². The number of nitrogens with one attached hydrogen (secondary N) is 1. The Bertz CT molecular complexity index is 746. The van der Waals surface area contributed by atoms with Gasteiger partial charge in [-0.1, -0.05) is 12.1 Å². The van der Waals surface area contributed by atoms with E-state index in [0.29, 0.717) is 0 Å². The van der Waals surface area contributed by atoms with Crippen molar-refractivity contribution < 1.29 is 0 Å². The van der Waals surface area contributed by atoms with Gasteiger partial charge in [-0.3, -0.25) is 0 Å². The lowest BCUT2D eigenvalue weighted by molar-refractivity contribution is 1.20. The Labute approximate surface area is 116 Å². The second kappa shape index (κ2) is 4.63. The summed E-state index contributed by atoms with van der Waals surface area (Å²) < 4.78 is 0. The maximum Gasteiger partial charge on any atom is 0.163 e. The fourth-order valence-electron chi connectivity index (χ4n) is 2.20. The summed E-state index contributed by atoms with van der Waals surface area (Å²) in [5.74, 6) is 1.68. The van der Waals surface area contributed by atoms with Gasteiger partial charge in [0.05, 0.1) is 5.52 Å². The SMILES string of the molecule is CNc1nc(-c2cscc2C)nc2c(C)cccc12. The lowest BCUT2D eigenvalue weighted by atomic mass is 10.1. The maximum atomic E-state index is 4.74. The monoisotopic (exact) mass is 269 g/mol. The highest BCUT2D eigenvalue weighted by Crippen LogP contribution is 2.29. The van der Waals surface area contributed by atoms with E-state index in [1.54, 1.807) is 11.3 Å². The quantitative estimate of drug-likeness (QED) is 0.763. The summed E-state index contributed by atoms with van der Waals surface area (Å²) in [5, 5.41) is 8.47. The van der Waals surface area contributed by atoms with Crippen molar-refractivity contribution in [3.8, 4) is 11.4 Å². The van der Waals surface area contributed by atoms with Crippen LogP contribution in [0.2, 0.25) is 0 Å². The summed E-state index contributed by atoms with van der Waals surface area (Å²) in [6, 6.07) is 6.18. The fraction of sp³-hybridized carbons (Fsp3) is 0.200. The predicted octanol–water partition coefficient (Wildman–Crippen LogP) is 4.02. The van der Waals surface area contributed by atoms with Crippen LogP contribution in [0.25, 0.3) is 22.3 Å². The summed E-state index contributed by atoms with van der Waals surface area (Å²) in [5.41, 5.74) is 4.53. The molecule has 3 rings (SSSR count). The molecule has 0 spiro atoms. The maximum absolute atomic E-state index is 4.74. The molecule has 0 fully saturated rings. The first-order chi connectivity index (χ1) is 9.20. The molecule has 96 valence electrons. The first kappa shape index (κ1) is 12.1. The molecule has 0 saturated heterocycles. The molecule has 0 aliphatic carbocycles. The van der Waals surface area contributed by atoms with Gasteiger partial charge in [0.25, 0.3) is 0 Å². The Hall–Kier alpha value is -1.94. The largest absolute Gasteiger partial charge is 0.373 e. The number of anilines is 1. The first-order valence-corrected chi connectivity index (χ1v) is 7.13. The third-order valence-corrected chi connectivity index (χ3v) is 4.12. The van der Waals surface area contributed by atoms with Gasteiger partial charge in [-0.05, 0) is 36.4 Å². The summed E-state index contributed by atoms with van der Waals surface area (Å²) in [6.07, 6.45) is 0. The number of hydrogen-bond donors (Lipinski definition) is 1. The molecule has 0 bridgehead atoms. The lowest BCUT2D eigenvalue weighted by Crippen LogP contribution is -1.99. The molecule has 2 aromatic heterocycles. The van der Waals surface area contributed by atoms with Crippen LogP contribution in [0.15, 0.2) is 29.0 Å². The van der Waals surface area contributed by atoms with Crippen molar-refractivity contribution in [3.05, 3.63) is 40.1 Å². The molecule has 0 saturated carbocycles. The first-order valence-electron chi connectivity index (χ1n) is 6.19. The van der Waals surface area contributed by atoms with Crippen LogP contribution in [0.3, 0.4) is 0 Å². The molecule has 4 heteroatoms. The van der Waals surface area contributed by atoms with Gasteiger partial charge in [-0.15, -0.1) is 0 Å². The Morgan fingerprint density at radius 1 is 1.05 bits per heavy atom. The van der Waals surface area contributed by atoms with Gasteiger partial charge in [0.1, 0.15) is 5.82 Å². The van der Waals surface area contributed by atoms with Crippen LogP contribution < -0.4 is 5.32 Å². The number of para-hydroxylation sites is 1. The van der Waals surface area contributed by atoms with Crippen molar-refractivity contribution in [2.45, 2.75) is 13.8 Å². The van der Waals surface area contributed by atoms with Crippen LogP contribution in [0.5, 0.6) is 0 Å². The molecule has 1 N–H and O–H groups in total. The zero-order valence-corrected chi connectivity index (χ0v) is 12.0. The number of hydrogen-bond acceptors (Lipinski definition) is 4. The molecule has 3 aromatic rings. The Morgan fingerprint density at radius 3 is 2.58 bits per heavy atom. The van der Waals surface area contributed by atoms with Gasteiger partial charge in [-0.25, -0.2) is 9.97 Å². The molecule has 3 nitrogen and oxygen atoms in total. The summed E-state index contributed by atoms with van der Waals surface area (Å²) in [6.45, 7) is 4.18. The molecule has 0 unspecified atom stereocenters. The Kier molecular flexibility index (Phi) is 2.95. The zero-order valence-electron chi connectivity index (χ0n) is 11.2. The average Bonchev–Trinajstić information content (AvgIpc) is 2.84. The molecule has 2 heterocycles. The van der Waals surface area contributed by atoms with Gasteiger partial charge in [0, 0.05) is 23.4 Å². The van der Waals surface area contributed by atoms with Crippen molar-refractivity contribution >= 4 is 28.1 Å². The standard InChI is InChI=1S/C15H15N3S/c1-9-5-4-6-11-13(9)17-15(18-14(11)16-3)12-8-19-7-10(12)2/h4-8H,1-3H3,(H,16,17,18). The molecule has 0 amide bonds. The molecule has 0 radical (unpaired) electrons. The second-order valence-corrected chi connectivity index (χ2v) is 5.33. The van der Waals surface area contributed by atoms with Gasteiger partial charge >= 0.3 is 0 Å². The minimum Gasteiger partial charge on any atom is -0.373 e. The summed E-state index contributed by atoms with van der Waals surface area (Å²) in [7, 11) is 1.90. The third kappa shape index (κ3) is 1.98. The fourth-order valence-corrected chi connectivity index (χ4v) is 3.02. The van der Waals surface area contributed by atoms with Crippen LogP contribution in [-0.2, 0) is 0 Å². The molecule has 0 aliphatic heterocycles. The van der Waals surface area contributed by atoms with E-state index in [2.05, 4.69) is 47.0 Å². The zero-order chi connectivity index (χ0) is 13.4. The molecule has 0 aliphatic rings. The van der Waals surface area contributed by atoms with Crippen LogP contribution in [0.1, 0.15) is 11.1 Å². The van der Waals surface area contributed by atoms with Crippen molar-refractivity contribution in [1.29, 1.82) is 0 Å². The summed E-state index contributed by atoms with van der Waals surface area (Å²) >= 11 is 1.68.